The topological polar surface area (TPSA) is 44.1 Å². The average molecular weight is 391 g/mol. The summed E-state index contributed by atoms with van der Waals surface area (Å²) in [5.41, 5.74) is 2.78. The molecule has 120 valence electrons. The van der Waals surface area contributed by atoms with Crippen LogP contribution in [0.3, 0.4) is 0 Å². The fourth-order valence-electron chi connectivity index (χ4n) is 3.16. The molecule has 5 rings (SSSR count). The monoisotopic (exact) mass is 390 g/mol. The Labute approximate surface area is 151 Å². The third-order valence-electron chi connectivity index (χ3n) is 4.30. The molecule has 1 aliphatic heterocycles. The van der Waals surface area contributed by atoms with E-state index in [1.54, 1.807) is 10.8 Å². The zero-order chi connectivity index (χ0) is 17.0. The molecule has 0 amide bonds. The van der Waals surface area contributed by atoms with Crippen LogP contribution < -0.4 is 4.74 Å². The van der Waals surface area contributed by atoms with Gasteiger partial charge in [0, 0.05) is 16.1 Å². The maximum absolute atomic E-state index is 12.9. The first-order chi connectivity index (χ1) is 12.2. The highest BCUT2D eigenvalue weighted by Gasteiger charge is 2.32. The molecule has 0 aliphatic carbocycles. The normalized spacial score (nSPS) is 12.3. The Morgan fingerprint density at radius 3 is 2.60 bits per heavy atom. The number of pyridine rings is 1. The van der Waals surface area contributed by atoms with E-state index < -0.39 is 0 Å². The van der Waals surface area contributed by atoms with Crippen LogP contribution in [0, 0.1) is 0 Å². The number of nitrogens with zero attached hydrogens (tertiary/aromatic N) is 2. The van der Waals surface area contributed by atoms with Gasteiger partial charge in [0.1, 0.15) is 17.0 Å². The highest BCUT2D eigenvalue weighted by Crippen LogP contribution is 2.42. The van der Waals surface area contributed by atoms with Gasteiger partial charge in [-0.1, -0.05) is 28.1 Å². The molecule has 0 fully saturated rings. The Kier molecular flexibility index (Phi) is 3.05. The molecule has 4 aromatic rings. The lowest BCUT2D eigenvalue weighted by atomic mass is 10.1. The third-order valence-corrected chi connectivity index (χ3v) is 4.83. The molecule has 2 aromatic heterocycles. The molecule has 0 saturated carbocycles. The van der Waals surface area contributed by atoms with Gasteiger partial charge < -0.3 is 4.74 Å². The molecule has 25 heavy (non-hydrogen) atoms. The number of ether oxygens (including phenoxy) is 1. The van der Waals surface area contributed by atoms with Crippen LogP contribution in [0.1, 0.15) is 10.4 Å². The maximum atomic E-state index is 12.9. The lowest BCUT2D eigenvalue weighted by molar-refractivity contribution is 0.0967. The van der Waals surface area contributed by atoms with E-state index >= 15 is 0 Å². The first kappa shape index (κ1) is 14.4. The Morgan fingerprint density at radius 2 is 1.76 bits per heavy atom. The predicted molar refractivity (Wildman–Crippen MR) is 99.1 cm³/mol. The van der Waals surface area contributed by atoms with Gasteiger partial charge >= 0.3 is 0 Å². The van der Waals surface area contributed by atoms with Crippen LogP contribution in [0.4, 0.5) is 0 Å². The van der Waals surface area contributed by atoms with Crippen LogP contribution in [0.5, 0.6) is 11.5 Å². The third kappa shape index (κ3) is 2.13. The van der Waals surface area contributed by atoms with Crippen molar-refractivity contribution in [2.24, 2.45) is 0 Å². The lowest BCUT2D eigenvalue weighted by Crippen LogP contribution is -2.06. The number of hydrogen-bond acceptors (Lipinski definition) is 3. The van der Waals surface area contributed by atoms with E-state index in [0.717, 1.165) is 21.1 Å². The molecule has 0 N–H and O–H groups in total. The number of aromatic nitrogens is 2. The number of halogens is 1. The molecular formula is C20H11BrN2O2. The van der Waals surface area contributed by atoms with Gasteiger partial charge in [0.15, 0.2) is 5.75 Å². The largest absolute Gasteiger partial charge is 0.456 e. The van der Waals surface area contributed by atoms with Gasteiger partial charge in [-0.15, -0.1) is 0 Å². The van der Waals surface area contributed by atoms with Crippen LogP contribution in [-0.2, 0) is 0 Å². The van der Waals surface area contributed by atoms with Gasteiger partial charge in [-0.2, -0.15) is 0 Å². The quantitative estimate of drug-likeness (QED) is 0.412. The minimum Gasteiger partial charge on any atom is -0.456 e. The van der Waals surface area contributed by atoms with E-state index in [9.17, 15) is 4.79 Å². The molecule has 2 aromatic carbocycles. The summed E-state index contributed by atoms with van der Waals surface area (Å²) in [6.07, 6.45) is 1.76. The van der Waals surface area contributed by atoms with Crippen molar-refractivity contribution in [3.05, 3.63) is 76.9 Å². The Balaban J connectivity index is 1.79. The Hall–Kier alpha value is -2.92. The number of benzene rings is 2. The summed E-state index contributed by atoms with van der Waals surface area (Å²) in [4.78, 5) is 17.6. The van der Waals surface area contributed by atoms with Crippen LogP contribution in [0.15, 0.2) is 71.3 Å². The van der Waals surface area contributed by atoms with Crippen molar-refractivity contribution < 1.29 is 9.53 Å². The van der Waals surface area contributed by atoms with Crippen molar-refractivity contribution in [1.29, 1.82) is 0 Å². The SMILES string of the molecule is O=C1c2c(nc3ccccc3c2Oc2ccc(Br)cc2)-c2cccn21. The van der Waals surface area contributed by atoms with E-state index in [1.165, 1.54) is 0 Å². The van der Waals surface area contributed by atoms with Gasteiger partial charge in [-0.25, -0.2) is 4.98 Å². The van der Waals surface area contributed by atoms with Crippen molar-refractivity contribution in [3.63, 3.8) is 0 Å². The first-order valence-electron chi connectivity index (χ1n) is 7.81. The lowest BCUT2D eigenvalue weighted by Gasteiger charge is -2.12. The Bertz CT molecular complexity index is 1150. The summed E-state index contributed by atoms with van der Waals surface area (Å²) in [5.74, 6) is 1.11. The van der Waals surface area contributed by atoms with Crippen LogP contribution in [0.2, 0.25) is 0 Å². The number of para-hydroxylation sites is 1. The fraction of sp³-hybridized carbons (Fsp3) is 0. The van der Waals surface area contributed by atoms with Crippen molar-refractivity contribution in [2.45, 2.75) is 0 Å². The molecule has 0 spiro atoms. The predicted octanol–water partition coefficient (Wildman–Crippen LogP) is 5.26. The average Bonchev–Trinajstić information content (AvgIpc) is 3.20. The van der Waals surface area contributed by atoms with Gasteiger partial charge in [-0.05, 0) is 48.5 Å². The summed E-state index contributed by atoms with van der Waals surface area (Å²) < 4.78 is 8.75. The summed E-state index contributed by atoms with van der Waals surface area (Å²) >= 11 is 3.42. The van der Waals surface area contributed by atoms with E-state index in [-0.39, 0.29) is 5.91 Å². The summed E-state index contributed by atoms with van der Waals surface area (Å²) in [5, 5.41) is 0.822. The fourth-order valence-corrected chi connectivity index (χ4v) is 3.43. The molecule has 0 atom stereocenters. The van der Waals surface area contributed by atoms with E-state index in [4.69, 9.17) is 9.72 Å². The Morgan fingerprint density at radius 1 is 0.960 bits per heavy atom. The standard InChI is InChI=1S/C20H11BrN2O2/c21-12-7-9-13(10-8-12)25-19-14-4-1-2-5-15(14)22-18-16-6-3-11-23(16)20(24)17(18)19/h1-11H. The summed E-state index contributed by atoms with van der Waals surface area (Å²) in [6.45, 7) is 0. The summed E-state index contributed by atoms with van der Waals surface area (Å²) in [7, 11) is 0. The maximum Gasteiger partial charge on any atom is 0.268 e. The van der Waals surface area contributed by atoms with Gasteiger partial charge in [0.25, 0.3) is 5.91 Å². The molecule has 0 radical (unpaired) electrons. The number of rotatable bonds is 2. The second-order valence-corrected chi connectivity index (χ2v) is 6.72. The first-order valence-corrected chi connectivity index (χ1v) is 8.60. The van der Waals surface area contributed by atoms with E-state index in [0.29, 0.717) is 22.8 Å². The molecule has 3 heterocycles. The van der Waals surface area contributed by atoms with Crippen LogP contribution >= 0.6 is 15.9 Å². The molecule has 1 aliphatic rings. The van der Waals surface area contributed by atoms with Crippen molar-refractivity contribution in [2.75, 3.05) is 0 Å². The second kappa shape index (κ2) is 5.29. The molecular weight excluding hydrogens is 380 g/mol. The molecule has 0 bridgehead atoms. The molecule has 0 unspecified atom stereocenters. The van der Waals surface area contributed by atoms with Crippen LogP contribution in [-0.4, -0.2) is 15.5 Å². The molecule has 4 nitrogen and oxygen atoms in total. The smallest absolute Gasteiger partial charge is 0.268 e. The van der Waals surface area contributed by atoms with Crippen LogP contribution in [0.25, 0.3) is 22.3 Å². The number of fused-ring (bicyclic) bond motifs is 4. The summed E-state index contributed by atoms with van der Waals surface area (Å²) in [6, 6.07) is 19.0. The van der Waals surface area contributed by atoms with Crippen molar-refractivity contribution in [3.8, 4) is 22.9 Å². The zero-order valence-electron chi connectivity index (χ0n) is 12.9. The van der Waals surface area contributed by atoms with Crippen molar-refractivity contribution in [1.82, 2.24) is 9.55 Å². The van der Waals surface area contributed by atoms with Gasteiger partial charge in [0.05, 0.1) is 11.2 Å². The highest BCUT2D eigenvalue weighted by atomic mass is 79.9. The number of carbonyl (C=O) groups excluding carboxylic acids is 1. The van der Waals surface area contributed by atoms with Crippen molar-refractivity contribution >= 4 is 32.7 Å². The minimum absolute atomic E-state index is 0.111. The van der Waals surface area contributed by atoms with Gasteiger partial charge in [-0.3, -0.25) is 9.36 Å². The number of hydrogen-bond donors (Lipinski definition) is 0. The molecule has 5 heteroatoms. The van der Waals surface area contributed by atoms with Gasteiger partial charge in [0.2, 0.25) is 0 Å². The zero-order valence-corrected chi connectivity index (χ0v) is 14.5. The second-order valence-electron chi connectivity index (χ2n) is 5.81. The highest BCUT2D eigenvalue weighted by molar-refractivity contribution is 9.10. The van der Waals surface area contributed by atoms with E-state index in [1.807, 2.05) is 60.7 Å². The minimum atomic E-state index is -0.111. The molecule has 0 saturated heterocycles. The van der Waals surface area contributed by atoms with E-state index in [2.05, 4.69) is 15.9 Å². The number of carbonyl (C=O) groups is 1.